The van der Waals surface area contributed by atoms with Gasteiger partial charge in [0.25, 0.3) is 0 Å². The van der Waals surface area contributed by atoms with Crippen molar-refractivity contribution in [3.05, 3.63) is 48.2 Å². The molecule has 0 N–H and O–H groups in total. The molecule has 0 amide bonds. The summed E-state index contributed by atoms with van der Waals surface area (Å²) >= 11 is 0. The summed E-state index contributed by atoms with van der Waals surface area (Å²) in [6.45, 7) is 4.51. The Balaban J connectivity index is 2.11. The lowest BCUT2D eigenvalue weighted by Crippen LogP contribution is -1.94. The van der Waals surface area contributed by atoms with E-state index in [1.807, 2.05) is 6.07 Å². The zero-order chi connectivity index (χ0) is 13.5. The van der Waals surface area contributed by atoms with E-state index in [-0.39, 0.29) is 0 Å². The maximum Gasteiger partial charge on any atom is 0.0709 e. The number of unbranched alkanes of at least 4 members (excludes halogenated alkanes) is 1. The smallest absolute Gasteiger partial charge is 0.0709 e. The Morgan fingerprint density at radius 3 is 2.74 bits per heavy atom. The van der Waals surface area contributed by atoms with Gasteiger partial charge in [0.15, 0.2) is 0 Å². The Labute approximate surface area is 116 Å². The molecule has 0 radical (unpaired) electrons. The molecule has 0 aliphatic carbocycles. The molecule has 0 spiro atoms. The lowest BCUT2D eigenvalue weighted by atomic mass is 9.98. The van der Waals surface area contributed by atoms with E-state index in [1.165, 1.54) is 31.1 Å². The number of para-hydroxylation sites is 1. The highest BCUT2D eigenvalue weighted by Crippen LogP contribution is 2.17. The Morgan fingerprint density at radius 1 is 1.11 bits per heavy atom. The van der Waals surface area contributed by atoms with Crippen LogP contribution in [0.5, 0.6) is 0 Å². The second-order valence-electron chi connectivity index (χ2n) is 5.10. The molecule has 1 heteroatoms. The average Bonchev–Trinajstić information content (AvgIpc) is 2.47. The Bertz CT molecular complexity index is 542. The maximum absolute atomic E-state index is 4.67. The number of allylic oxidation sites excluding steroid dienone is 1. The van der Waals surface area contributed by atoms with E-state index >= 15 is 0 Å². The lowest BCUT2D eigenvalue weighted by Gasteiger charge is -2.08. The molecule has 0 aliphatic rings. The SMILES string of the molecule is CCCC[C@@H](/C=C\c1ccc2ccccc2n1)CC. The first-order valence-electron chi connectivity index (χ1n) is 7.37. The molecule has 1 atom stereocenters. The van der Waals surface area contributed by atoms with Crippen LogP contribution in [0.25, 0.3) is 17.0 Å². The molecular formula is C18H23N. The van der Waals surface area contributed by atoms with Crippen LogP contribution in [0.3, 0.4) is 0 Å². The van der Waals surface area contributed by atoms with E-state index in [9.17, 15) is 0 Å². The van der Waals surface area contributed by atoms with Crippen LogP contribution < -0.4 is 0 Å². The van der Waals surface area contributed by atoms with Crippen molar-refractivity contribution >= 4 is 17.0 Å². The van der Waals surface area contributed by atoms with E-state index in [1.54, 1.807) is 0 Å². The number of rotatable bonds is 6. The lowest BCUT2D eigenvalue weighted by molar-refractivity contribution is 0.542. The van der Waals surface area contributed by atoms with Crippen LogP contribution in [0.1, 0.15) is 45.2 Å². The van der Waals surface area contributed by atoms with Gasteiger partial charge >= 0.3 is 0 Å². The van der Waals surface area contributed by atoms with Gasteiger partial charge in [-0.3, -0.25) is 0 Å². The van der Waals surface area contributed by atoms with Gasteiger partial charge in [0.05, 0.1) is 11.2 Å². The van der Waals surface area contributed by atoms with Gasteiger partial charge in [-0.2, -0.15) is 0 Å². The van der Waals surface area contributed by atoms with Gasteiger partial charge in [-0.25, -0.2) is 4.98 Å². The minimum atomic E-state index is 0.688. The number of hydrogen-bond donors (Lipinski definition) is 0. The third kappa shape index (κ3) is 3.92. The molecule has 1 aromatic heterocycles. The topological polar surface area (TPSA) is 12.9 Å². The molecule has 100 valence electrons. The number of hydrogen-bond acceptors (Lipinski definition) is 1. The van der Waals surface area contributed by atoms with E-state index in [0.29, 0.717) is 5.92 Å². The summed E-state index contributed by atoms with van der Waals surface area (Å²) < 4.78 is 0. The van der Waals surface area contributed by atoms with Crippen LogP contribution in [-0.4, -0.2) is 4.98 Å². The van der Waals surface area contributed by atoms with Gasteiger partial charge in [0.2, 0.25) is 0 Å². The number of benzene rings is 1. The summed E-state index contributed by atoms with van der Waals surface area (Å²) in [7, 11) is 0. The van der Waals surface area contributed by atoms with Crippen molar-refractivity contribution in [1.82, 2.24) is 4.98 Å². The molecule has 1 heterocycles. The minimum Gasteiger partial charge on any atom is -0.248 e. The molecule has 1 nitrogen and oxygen atoms in total. The van der Waals surface area contributed by atoms with Crippen molar-refractivity contribution in [3.8, 4) is 0 Å². The van der Waals surface area contributed by atoms with Crippen molar-refractivity contribution in [1.29, 1.82) is 0 Å². The maximum atomic E-state index is 4.67. The van der Waals surface area contributed by atoms with Crippen LogP contribution in [0, 0.1) is 5.92 Å². The molecule has 2 rings (SSSR count). The molecule has 0 saturated carbocycles. The number of aromatic nitrogens is 1. The number of pyridine rings is 1. The molecule has 1 aromatic carbocycles. The van der Waals surface area contributed by atoms with Crippen LogP contribution in [0.4, 0.5) is 0 Å². The van der Waals surface area contributed by atoms with Gasteiger partial charge in [-0.1, -0.05) is 57.0 Å². The number of fused-ring (bicyclic) bond motifs is 1. The molecule has 0 aliphatic heterocycles. The third-order valence-corrected chi connectivity index (χ3v) is 3.61. The van der Waals surface area contributed by atoms with Gasteiger partial charge < -0.3 is 0 Å². The summed E-state index contributed by atoms with van der Waals surface area (Å²) in [5, 5.41) is 1.21. The van der Waals surface area contributed by atoms with Gasteiger partial charge in [0, 0.05) is 5.39 Å². The molecule has 2 aromatic rings. The van der Waals surface area contributed by atoms with Gasteiger partial charge in [-0.15, -0.1) is 0 Å². The second kappa shape index (κ2) is 7.08. The van der Waals surface area contributed by atoms with Crippen molar-refractivity contribution in [2.24, 2.45) is 5.92 Å². The second-order valence-corrected chi connectivity index (χ2v) is 5.10. The zero-order valence-electron chi connectivity index (χ0n) is 12.0. The molecule has 0 saturated heterocycles. The predicted molar refractivity (Wildman–Crippen MR) is 84.1 cm³/mol. The normalized spacial score (nSPS) is 13.2. The first-order chi connectivity index (χ1) is 9.33. The Hall–Kier alpha value is -1.63. The average molecular weight is 253 g/mol. The van der Waals surface area contributed by atoms with Crippen LogP contribution in [-0.2, 0) is 0 Å². The van der Waals surface area contributed by atoms with Gasteiger partial charge in [0.1, 0.15) is 0 Å². The van der Waals surface area contributed by atoms with Crippen molar-refractivity contribution in [2.45, 2.75) is 39.5 Å². The Morgan fingerprint density at radius 2 is 1.95 bits per heavy atom. The van der Waals surface area contributed by atoms with Crippen LogP contribution in [0.2, 0.25) is 0 Å². The molecule has 0 unspecified atom stereocenters. The van der Waals surface area contributed by atoms with Crippen molar-refractivity contribution in [2.75, 3.05) is 0 Å². The van der Waals surface area contributed by atoms with E-state index < -0.39 is 0 Å². The highest BCUT2D eigenvalue weighted by atomic mass is 14.7. The zero-order valence-corrected chi connectivity index (χ0v) is 12.0. The summed E-state index contributed by atoms with van der Waals surface area (Å²) in [6, 6.07) is 12.5. The van der Waals surface area contributed by atoms with Crippen molar-refractivity contribution < 1.29 is 0 Å². The summed E-state index contributed by atoms with van der Waals surface area (Å²) in [5.41, 5.74) is 2.14. The standard InChI is InChI=1S/C18H23N/c1-3-5-8-15(4-2)11-13-17-14-12-16-9-6-7-10-18(16)19-17/h6-7,9-15H,3-5,8H2,1-2H3/b13-11-/t15-/m0/s1. The highest BCUT2D eigenvalue weighted by molar-refractivity contribution is 5.79. The fourth-order valence-corrected chi connectivity index (χ4v) is 2.31. The third-order valence-electron chi connectivity index (χ3n) is 3.61. The fraction of sp³-hybridized carbons (Fsp3) is 0.389. The van der Waals surface area contributed by atoms with Crippen LogP contribution in [0.15, 0.2) is 42.5 Å². The van der Waals surface area contributed by atoms with E-state index in [4.69, 9.17) is 0 Å². The molecule has 19 heavy (non-hydrogen) atoms. The first-order valence-corrected chi connectivity index (χ1v) is 7.37. The van der Waals surface area contributed by atoms with Crippen LogP contribution >= 0.6 is 0 Å². The van der Waals surface area contributed by atoms with Crippen molar-refractivity contribution in [3.63, 3.8) is 0 Å². The number of nitrogens with zero attached hydrogens (tertiary/aromatic N) is 1. The predicted octanol–water partition coefficient (Wildman–Crippen LogP) is 5.46. The molecule has 0 bridgehead atoms. The summed E-state index contributed by atoms with van der Waals surface area (Å²) in [4.78, 5) is 4.67. The summed E-state index contributed by atoms with van der Waals surface area (Å²) in [6.07, 6.45) is 9.59. The quantitative estimate of drug-likeness (QED) is 0.665. The highest BCUT2D eigenvalue weighted by Gasteiger charge is 2.01. The first kappa shape index (κ1) is 13.8. The molecule has 0 fully saturated rings. The Kier molecular flexibility index (Phi) is 5.14. The van der Waals surface area contributed by atoms with E-state index in [2.05, 4.69) is 61.3 Å². The fourth-order valence-electron chi connectivity index (χ4n) is 2.31. The van der Waals surface area contributed by atoms with E-state index in [0.717, 1.165) is 11.2 Å². The molecular weight excluding hydrogens is 230 g/mol. The summed E-state index contributed by atoms with van der Waals surface area (Å²) in [5.74, 6) is 0.688. The largest absolute Gasteiger partial charge is 0.248 e. The monoisotopic (exact) mass is 253 g/mol. The van der Waals surface area contributed by atoms with Gasteiger partial charge in [-0.05, 0) is 37.0 Å². The minimum absolute atomic E-state index is 0.688.